The highest BCUT2D eigenvalue weighted by Crippen LogP contribution is 2.69. The van der Waals surface area contributed by atoms with Gasteiger partial charge in [0, 0.05) is 0 Å². The van der Waals surface area contributed by atoms with Crippen LogP contribution in [0.5, 0.6) is 5.75 Å². The van der Waals surface area contributed by atoms with Crippen LogP contribution in [-0.2, 0) is 6.42 Å². The molecule has 1 aromatic carbocycles. The van der Waals surface area contributed by atoms with Gasteiger partial charge in [-0.15, -0.1) is 0 Å². The van der Waals surface area contributed by atoms with Crippen LogP contribution in [0.2, 0.25) is 0 Å². The van der Waals surface area contributed by atoms with Gasteiger partial charge >= 0.3 is 0 Å². The van der Waals surface area contributed by atoms with Crippen LogP contribution in [0.3, 0.4) is 0 Å². The zero-order valence-electron chi connectivity index (χ0n) is 18.2. The van der Waals surface area contributed by atoms with Crippen molar-refractivity contribution in [1.29, 1.82) is 0 Å². The third kappa shape index (κ3) is 2.64. The molecule has 0 aromatic heterocycles. The Balaban J connectivity index is 1.40. The summed E-state index contributed by atoms with van der Waals surface area (Å²) in [6.45, 7) is 11.8. The van der Waals surface area contributed by atoms with E-state index in [0.29, 0.717) is 16.9 Å². The van der Waals surface area contributed by atoms with E-state index in [1.807, 2.05) is 0 Å². The molecule has 0 spiro atoms. The fourth-order valence-electron chi connectivity index (χ4n) is 7.80. The number of benzene rings is 1. The normalized spacial score (nSPS) is 39.9. The molecule has 1 heteroatoms. The summed E-state index contributed by atoms with van der Waals surface area (Å²) in [6.07, 6.45) is 13.7. The standard InChI is InChI=1S/C27H38O/c1-18(2)26(3)16-14-25-24-11-9-19-17-21(28-20-7-5-6-8-20)10-12-22(19)23(24)13-15-27(25,26)4/h10,12,17,20,23-25H,1,5-9,11,13-16H2,2-4H3/t23-,24-,25+,26-,27+/m1/s1. The van der Waals surface area contributed by atoms with Gasteiger partial charge in [0.15, 0.2) is 0 Å². The lowest BCUT2D eigenvalue weighted by Gasteiger charge is -2.54. The lowest BCUT2D eigenvalue weighted by molar-refractivity contribution is -0.0000623. The summed E-state index contributed by atoms with van der Waals surface area (Å²) in [7, 11) is 0. The van der Waals surface area contributed by atoms with Gasteiger partial charge in [-0.1, -0.05) is 32.1 Å². The molecular formula is C27H38O. The van der Waals surface area contributed by atoms with Crippen molar-refractivity contribution in [3.63, 3.8) is 0 Å². The minimum atomic E-state index is 0.335. The molecule has 0 N–H and O–H groups in total. The highest BCUT2D eigenvalue weighted by atomic mass is 16.5. The molecule has 28 heavy (non-hydrogen) atoms. The number of aryl methyl sites for hydroxylation is 1. The molecule has 1 aromatic rings. The Morgan fingerprint density at radius 3 is 2.57 bits per heavy atom. The topological polar surface area (TPSA) is 9.23 Å². The Morgan fingerprint density at radius 1 is 1.04 bits per heavy atom. The molecular weight excluding hydrogens is 340 g/mol. The van der Waals surface area contributed by atoms with E-state index in [0.717, 1.165) is 23.5 Å². The minimum Gasteiger partial charge on any atom is -0.490 e. The molecule has 0 aliphatic heterocycles. The lowest BCUT2D eigenvalue weighted by Crippen LogP contribution is -2.46. The summed E-state index contributed by atoms with van der Waals surface area (Å²) < 4.78 is 6.31. The number of fused-ring (bicyclic) bond motifs is 5. The maximum Gasteiger partial charge on any atom is 0.120 e. The molecule has 0 bridgehead atoms. The van der Waals surface area contributed by atoms with Crippen molar-refractivity contribution in [1.82, 2.24) is 0 Å². The first-order valence-corrected chi connectivity index (χ1v) is 11.9. The van der Waals surface area contributed by atoms with Gasteiger partial charge in [0.25, 0.3) is 0 Å². The van der Waals surface area contributed by atoms with Crippen LogP contribution in [0.1, 0.15) is 95.6 Å². The zero-order chi connectivity index (χ0) is 19.5. The maximum atomic E-state index is 6.31. The third-order valence-electron chi connectivity index (χ3n) is 9.85. The van der Waals surface area contributed by atoms with E-state index in [-0.39, 0.29) is 0 Å². The lowest BCUT2D eigenvalue weighted by atomic mass is 9.50. The molecule has 152 valence electrons. The molecule has 0 saturated heterocycles. The van der Waals surface area contributed by atoms with Gasteiger partial charge in [-0.05, 0) is 123 Å². The molecule has 0 unspecified atom stereocenters. The monoisotopic (exact) mass is 378 g/mol. The fourth-order valence-corrected chi connectivity index (χ4v) is 7.80. The predicted molar refractivity (Wildman–Crippen MR) is 117 cm³/mol. The first-order valence-electron chi connectivity index (χ1n) is 11.9. The Hall–Kier alpha value is -1.24. The van der Waals surface area contributed by atoms with Gasteiger partial charge in [-0.2, -0.15) is 0 Å². The molecule has 1 nitrogen and oxygen atoms in total. The van der Waals surface area contributed by atoms with Crippen molar-refractivity contribution in [2.45, 2.75) is 97.0 Å². The number of hydrogen-bond acceptors (Lipinski definition) is 1. The van der Waals surface area contributed by atoms with Crippen LogP contribution in [0, 0.1) is 22.7 Å². The summed E-state index contributed by atoms with van der Waals surface area (Å²) >= 11 is 0. The molecule has 5 rings (SSSR count). The first kappa shape index (κ1) is 18.8. The molecule has 5 atom stereocenters. The molecule has 0 amide bonds. The maximum absolute atomic E-state index is 6.31. The summed E-state index contributed by atoms with van der Waals surface area (Å²) in [6, 6.07) is 7.11. The smallest absolute Gasteiger partial charge is 0.120 e. The van der Waals surface area contributed by atoms with E-state index < -0.39 is 0 Å². The van der Waals surface area contributed by atoms with E-state index in [4.69, 9.17) is 4.74 Å². The molecule has 3 saturated carbocycles. The summed E-state index contributed by atoms with van der Waals surface area (Å²) in [5.74, 6) is 3.64. The molecule has 4 aliphatic rings. The second-order valence-electron chi connectivity index (χ2n) is 10.9. The van der Waals surface area contributed by atoms with Gasteiger partial charge in [-0.25, -0.2) is 0 Å². The summed E-state index contributed by atoms with van der Waals surface area (Å²) in [5.41, 5.74) is 5.44. The van der Waals surface area contributed by atoms with Gasteiger partial charge < -0.3 is 4.74 Å². The Morgan fingerprint density at radius 2 is 1.82 bits per heavy atom. The molecule has 0 heterocycles. The number of ether oxygens (including phenoxy) is 1. The predicted octanol–water partition coefficient (Wildman–Crippen LogP) is 7.45. The van der Waals surface area contributed by atoms with Crippen LogP contribution < -0.4 is 4.74 Å². The SMILES string of the molecule is C=C(C)[C@@]1(C)CC[C@H]2[C@@H]3CCc4cc(OC5CCCC5)ccc4[C@H]3CC[C@@]21C. The Kier molecular flexibility index (Phi) is 4.45. The highest BCUT2D eigenvalue weighted by molar-refractivity contribution is 5.41. The summed E-state index contributed by atoms with van der Waals surface area (Å²) in [5, 5.41) is 0. The van der Waals surface area contributed by atoms with Crippen molar-refractivity contribution in [2.75, 3.05) is 0 Å². The highest BCUT2D eigenvalue weighted by Gasteiger charge is 2.59. The number of allylic oxidation sites excluding steroid dienone is 1. The Labute approximate surface area is 171 Å². The van der Waals surface area contributed by atoms with Crippen LogP contribution in [-0.4, -0.2) is 6.10 Å². The van der Waals surface area contributed by atoms with Crippen molar-refractivity contribution < 1.29 is 4.74 Å². The largest absolute Gasteiger partial charge is 0.490 e. The molecule has 0 radical (unpaired) electrons. The van der Waals surface area contributed by atoms with E-state index in [1.165, 1.54) is 69.8 Å². The zero-order valence-corrected chi connectivity index (χ0v) is 18.2. The van der Waals surface area contributed by atoms with E-state index in [9.17, 15) is 0 Å². The van der Waals surface area contributed by atoms with Crippen LogP contribution in [0.15, 0.2) is 30.4 Å². The minimum absolute atomic E-state index is 0.335. The van der Waals surface area contributed by atoms with E-state index in [1.54, 1.807) is 11.1 Å². The van der Waals surface area contributed by atoms with Gasteiger partial charge in [0.1, 0.15) is 5.75 Å². The quantitative estimate of drug-likeness (QED) is 0.496. The van der Waals surface area contributed by atoms with E-state index >= 15 is 0 Å². The first-order chi connectivity index (χ1) is 13.4. The van der Waals surface area contributed by atoms with Crippen molar-refractivity contribution in [2.24, 2.45) is 22.7 Å². The Bertz CT molecular complexity index is 772. The van der Waals surface area contributed by atoms with Gasteiger partial charge in [0.2, 0.25) is 0 Å². The van der Waals surface area contributed by atoms with Crippen LogP contribution in [0.25, 0.3) is 0 Å². The van der Waals surface area contributed by atoms with Crippen molar-refractivity contribution >= 4 is 0 Å². The molecule has 3 fully saturated rings. The third-order valence-corrected chi connectivity index (χ3v) is 9.85. The van der Waals surface area contributed by atoms with Crippen molar-refractivity contribution in [3.05, 3.63) is 41.5 Å². The van der Waals surface area contributed by atoms with Gasteiger partial charge in [0.05, 0.1) is 6.10 Å². The number of hydrogen-bond donors (Lipinski definition) is 0. The van der Waals surface area contributed by atoms with Crippen molar-refractivity contribution in [3.8, 4) is 5.75 Å². The van der Waals surface area contributed by atoms with E-state index in [2.05, 4.69) is 45.5 Å². The second kappa shape index (κ2) is 6.64. The average Bonchev–Trinajstić information content (AvgIpc) is 3.28. The second-order valence-corrected chi connectivity index (χ2v) is 10.9. The number of rotatable bonds is 3. The average molecular weight is 379 g/mol. The van der Waals surface area contributed by atoms with Gasteiger partial charge in [-0.3, -0.25) is 0 Å². The molecule has 4 aliphatic carbocycles. The van der Waals surface area contributed by atoms with Crippen LogP contribution >= 0.6 is 0 Å². The van der Waals surface area contributed by atoms with Crippen LogP contribution in [0.4, 0.5) is 0 Å². The summed E-state index contributed by atoms with van der Waals surface area (Å²) in [4.78, 5) is 0. The fraction of sp³-hybridized carbons (Fsp3) is 0.704.